The van der Waals surface area contributed by atoms with E-state index in [2.05, 4.69) is 11.9 Å². The predicted molar refractivity (Wildman–Crippen MR) is 84.3 cm³/mol. The molecule has 0 heterocycles. The van der Waals surface area contributed by atoms with Gasteiger partial charge >= 0.3 is 6.09 Å². The van der Waals surface area contributed by atoms with Gasteiger partial charge in [0.05, 0.1) is 6.61 Å². The molecule has 0 aliphatic rings. The van der Waals surface area contributed by atoms with Crippen LogP contribution in [0.25, 0.3) is 0 Å². The van der Waals surface area contributed by atoms with Gasteiger partial charge in [-0.15, -0.1) is 12.4 Å². The van der Waals surface area contributed by atoms with Crippen molar-refractivity contribution in [3.63, 3.8) is 0 Å². The Morgan fingerprint density at radius 1 is 1.20 bits per heavy atom. The molecular formula is C14H22ClN3O2. The molecule has 1 aromatic carbocycles. The Hall–Kier alpha value is -1.75. The van der Waals surface area contributed by atoms with Crippen LogP contribution < -0.4 is 11.5 Å². The van der Waals surface area contributed by atoms with Crippen molar-refractivity contribution in [1.29, 1.82) is 0 Å². The van der Waals surface area contributed by atoms with Gasteiger partial charge in [0, 0.05) is 11.3 Å². The molecule has 4 N–H and O–H groups in total. The number of halogens is 1. The summed E-state index contributed by atoms with van der Waals surface area (Å²) in [4.78, 5) is 15.1. The van der Waals surface area contributed by atoms with E-state index in [-0.39, 0.29) is 18.2 Å². The number of nitrogens with two attached hydrogens (primary N) is 2. The van der Waals surface area contributed by atoms with Gasteiger partial charge in [0.25, 0.3) is 0 Å². The zero-order valence-corrected chi connectivity index (χ0v) is 12.5. The van der Waals surface area contributed by atoms with Crippen molar-refractivity contribution in [3.05, 3.63) is 29.8 Å². The van der Waals surface area contributed by atoms with E-state index in [0.717, 1.165) is 25.7 Å². The Morgan fingerprint density at radius 3 is 2.45 bits per heavy atom. The lowest BCUT2D eigenvalue weighted by molar-refractivity contribution is 0.155. The fourth-order valence-electron chi connectivity index (χ4n) is 1.54. The van der Waals surface area contributed by atoms with Gasteiger partial charge in [-0.25, -0.2) is 4.79 Å². The van der Waals surface area contributed by atoms with E-state index in [1.165, 1.54) is 0 Å². The van der Waals surface area contributed by atoms with E-state index in [9.17, 15) is 4.79 Å². The van der Waals surface area contributed by atoms with Crippen molar-refractivity contribution in [2.45, 2.75) is 32.6 Å². The topological polar surface area (TPSA) is 90.7 Å². The molecule has 1 amide bonds. The van der Waals surface area contributed by atoms with Crippen LogP contribution in [-0.2, 0) is 4.74 Å². The van der Waals surface area contributed by atoms with Gasteiger partial charge in [0.2, 0.25) is 0 Å². The largest absolute Gasteiger partial charge is 0.448 e. The van der Waals surface area contributed by atoms with Crippen LogP contribution in [0.4, 0.5) is 10.5 Å². The highest BCUT2D eigenvalue weighted by Crippen LogP contribution is 2.05. The van der Waals surface area contributed by atoms with Crippen LogP contribution in [0.15, 0.2) is 29.3 Å². The maximum Gasteiger partial charge on any atom is 0.435 e. The summed E-state index contributed by atoms with van der Waals surface area (Å²) in [7, 11) is 0. The zero-order chi connectivity index (χ0) is 14.1. The number of amidine groups is 1. The minimum absolute atomic E-state index is 0. The number of nitrogens with zero attached hydrogens (tertiary/aromatic N) is 1. The number of nitrogen functional groups attached to an aromatic ring is 1. The van der Waals surface area contributed by atoms with Gasteiger partial charge in [0.1, 0.15) is 5.84 Å². The first-order valence-electron chi connectivity index (χ1n) is 6.50. The number of carbonyl (C=O) groups excluding carboxylic acids is 1. The summed E-state index contributed by atoms with van der Waals surface area (Å²) in [5.74, 6) is 0.138. The normalized spacial score (nSPS) is 10.8. The maximum absolute atomic E-state index is 11.4. The number of hydrogen-bond acceptors (Lipinski definition) is 3. The standard InChI is InChI=1S/C14H21N3O2.ClH/c1-2-3-4-5-10-19-14(18)17-13(16)11-6-8-12(15)9-7-11;/h6-9H,2-5,10,15H2,1H3,(H2,16,17,18);1H. The minimum atomic E-state index is -0.647. The average Bonchev–Trinajstić information content (AvgIpc) is 2.39. The molecule has 0 aliphatic heterocycles. The zero-order valence-electron chi connectivity index (χ0n) is 11.7. The molecule has 0 bridgehead atoms. The number of ether oxygens (including phenoxy) is 1. The third-order valence-electron chi connectivity index (χ3n) is 2.64. The fraction of sp³-hybridized carbons (Fsp3) is 0.429. The molecule has 20 heavy (non-hydrogen) atoms. The lowest BCUT2D eigenvalue weighted by Gasteiger charge is -2.03. The summed E-state index contributed by atoms with van der Waals surface area (Å²) in [6.45, 7) is 2.51. The SMILES string of the molecule is CCCCCCOC(=O)/N=C(\N)c1ccc(N)cc1.Cl. The van der Waals surface area contributed by atoms with Crippen molar-refractivity contribution < 1.29 is 9.53 Å². The highest BCUT2D eigenvalue weighted by atomic mass is 35.5. The molecule has 0 saturated carbocycles. The number of rotatable bonds is 6. The predicted octanol–water partition coefficient (Wildman–Crippen LogP) is 3.11. The second-order valence-electron chi connectivity index (χ2n) is 4.29. The molecule has 5 nitrogen and oxygen atoms in total. The van der Waals surface area contributed by atoms with Crippen LogP contribution in [0.2, 0.25) is 0 Å². The fourth-order valence-corrected chi connectivity index (χ4v) is 1.54. The number of benzene rings is 1. The van der Waals surface area contributed by atoms with Crippen LogP contribution in [0.1, 0.15) is 38.2 Å². The van der Waals surface area contributed by atoms with Gasteiger partial charge in [0.15, 0.2) is 0 Å². The molecule has 112 valence electrons. The van der Waals surface area contributed by atoms with Gasteiger partial charge < -0.3 is 16.2 Å². The molecule has 0 spiro atoms. The summed E-state index contributed by atoms with van der Waals surface area (Å²) in [6.07, 6.45) is 3.56. The van der Waals surface area contributed by atoms with Crippen molar-refractivity contribution in [2.75, 3.05) is 12.3 Å². The Morgan fingerprint density at radius 2 is 1.85 bits per heavy atom. The number of unbranched alkanes of at least 4 members (excludes halogenated alkanes) is 3. The van der Waals surface area contributed by atoms with Gasteiger partial charge in [-0.3, -0.25) is 0 Å². The van der Waals surface area contributed by atoms with Crippen molar-refractivity contribution in [2.24, 2.45) is 10.7 Å². The summed E-state index contributed by atoms with van der Waals surface area (Å²) in [5, 5.41) is 0. The maximum atomic E-state index is 11.4. The Kier molecular flexibility index (Phi) is 9.20. The number of amides is 1. The van der Waals surface area contributed by atoms with E-state index in [0.29, 0.717) is 17.9 Å². The minimum Gasteiger partial charge on any atom is -0.448 e. The molecule has 0 aliphatic carbocycles. The van der Waals surface area contributed by atoms with Crippen LogP contribution in [-0.4, -0.2) is 18.5 Å². The third kappa shape index (κ3) is 6.99. The first-order chi connectivity index (χ1) is 9.13. The van der Waals surface area contributed by atoms with E-state index in [4.69, 9.17) is 16.2 Å². The first kappa shape index (κ1) is 18.2. The second kappa shape index (κ2) is 10.1. The van der Waals surface area contributed by atoms with Crippen molar-refractivity contribution >= 4 is 30.0 Å². The van der Waals surface area contributed by atoms with E-state index in [1.807, 2.05) is 0 Å². The van der Waals surface area contributed by atoms with E-state index in [1.54, 1.807) is 24.3 Å². The lowest BCUT2D eigenvalue weighted by Crippen LogP contribution is -2.16. The number of anilines is 1. The lowest BCUT2D eigenvalue weighted by atomic mass is 10.2. The highest BCUT2D eigenvalue weighted by molar-refractivity contribution is 6.02. The summed E-state index contributed by atoms with van der Waals surface area (Å²) < 4.78 is 4.97. The second-order valence-corrected chi connectivity index (χ2v) is 4.29. The van der Waals surface area contributed by atoms with E-state index < -0.39 is 6.09 Å². The van der Waals surface area contributed by atoms with Crippen molar-refractivity contribution in [1.82, 2.24) is 0 Å². The average molecular weight is 300 g/mol. The smallest absolute Gasteiger partial charge is 0.435 e. The van der Waals surface area contributed by atoms with Gasteiger partial charge in [-0.1, -0.05) is 26.2 Å². The Balaban J connectivity index is 0.00000361. The molecule has 6 heteroatoms. The first-order valence-corrected chi connectivity index (χ1v) is 6.50. The molecular weight excluding hydrogens is 278 g/mol. The van der Waals surface area contributed by atoms with Crippen LogP contribution in [0.3, 0.4) is 0 Å². The molecule has 0 unspecified atom stereocenters. The third-order valence-corrected chi connectivity index (χ3v) is 2.64. The van der Waals surface area contributed by atoms with Gasteiger partial charge in [-0.2, -0.15) is 4.99 Å². The molecule has 0 saturated heterocycles. The summed E-state index contributed by atoms with van der Waals surface area (Å²) >= 11 is 0. The summed E-state index contributed by atoms with van der Waals surface area (Å²) in [5.41, 5.74) is 12.6. The van der Waals surface area contributed by atoms with Crippen LogP contribution in [0.5, 0.6) is 0 Å². The molecule has 0 atom stereocenters. The van der Waals surface area contributed by atoms with Crippen LogP contribution >= 0.6 is 12.4 Å². The number of carbonyl (C=O) groups is 1. The number of hydrogen-bond donors (Lipinski definition) is 2. The molecule has 0 radical (unpaired) electrons. The highest BCUT2D eigenvalue weighted by Gasteiger charge is 2.04. The van der Waals surface area contributed by atoms with E-state index >= 15 is 0 Å². The van der Waals surface area contributed by atoms with Crippen molar-refractivity contribution in [3.8, 4) is 0 Å². The van der Waals surface area contributed by atoms with Crippen LogP contribution in [0, 0.1) is 0 Å². The molecule has 1 rings (SSSR count). The monoisotopic (exact) mass is 299 g/mol. The summed E-state index contributed by atoms with van der Waals surface area (Å²) in [6, 6.07) is 6.83. The van der Waals surface area contributed by atoms with Gasteiger partial charge in [-0.05, 0) is 30.7 Å². The molecule has 0 fully saturated rings. The quantitative estimate of drug-likeness (QED) is 0.365. The molecule has 0 aromatic heterocycles. The Bertz CT molecular complexity index is 433. The molecule has 1 aromatic rings. The Labute approximate surface area is 125 Å². The number of aliphatic imine (C=N–C) groups is 1.